The van der Waals surface area contributed by atoms with Gasteiger partial charge in [0.05, 0.1) is 12.2 Å². The van der Waals surface area contributed by atoms with Gasteiger partial charge in [-0.1, -0.05) is 11.6 Å². The summed E-state index contributed by atoms with van der Waals surface area (Å²) in [6, 6.07) is 5.75. The monoisotopic (exact) mass is 311 g/mol. The molecule has 0 heterocycles. The highest BCUT2D eigenvalue weighted by Crippen LogP contribution is 2.28. The van der Waals surface area contributed by atoms with Crippen molar-refractivity contribution in [3.05, 3.63) is 33.8 Å². The fraction of sp³-hybridized carbons (Fsp3) is 0.500. The van der Waals surface area contributed by atoms with Gasteiger partial charge in [0.25, 0.3) is 5.91 Å². The van der Waals surface area contributed by atoms with Crippen LogP contribution in [-0.2, 0) is 4.74 Å². The third kappa shape index (κ3) is 4.10. The van der Waals surface area contributed by atoms with E-state index in [2.05, 4.69) is 21.2 Å². The summed E-state index contributed by atoms with van der Waals surface area (Å²) in [5.74, 6) is 0.715. The number of carbonyl (C=O) groups excluding carboxylic acids is 1. The van der Waals surface area contributed by atoms with E-state index < -0.39 is 0 Å². The number of carbonyl (C=O) groups is 1. The molecule has 0 saturated heterocycles. The molecular formula is C14H18BrNO2. The quantitative estimate of drug-likeness (QED) is 0.820. The fourth-order valence-corrected chi connectivity index (χ4v) is 2.11. The van der Waals surface area contributed by atoms with Crippen LogP contribution >= 0.6 is 15.9 Å². The van der Waals surface area contributed by atoms with E-state index in [9.17, 15) is 4.79 Å². The molecule has 1 aliphatic carbocycles. The largest absolute Gasteiger partial charge is 0.379 e. The van der Waals surface area contributed by atoms with Crippen molar-refractivity contribution in [3.8, 4) is 0 Å². The van der Waals surface area contributed by atoms with Gasteiger partial charge in [-0.05, 0) is 53.7 Å². The second-order valence-electron chi connectivity index (χ2n) is 4.76. The molecule has 4 heteroatoms. The summed E-state index contributed by atoms with van der Waals surface area (Å²) in [7, 11) is 0. The summed E-state index contributed by atoms with van der Waals surface area (Å²) in [6.45, 7) is 3.96. The average molecular weight is 312 g/mol. The Bertz CT molecular complexity index is 430. The first kappa shape index (κ1) is 13.6. The van der Waals surface area contributed by atoms with E-state index >= 15 is 0 Å². The maximum absolute atomic E-state index is 11.9. The Morgan fingerprint density at radius 2 is 2.28 bits per heavy atom. The SMILES string of the molecule is Cc1ccc(Br)c(C(=O)NCCOCC2CC2)c1. The first-order valence-electron chi connectivity index (χ1n) is 6.29. The van der Waals surface area contributed by atoms with Gasteiger partial charge in [-0.25, -0.2) is 0 Å². The number of rotatable bonds is 6. The number of nitrogens with one attached hydrogen (secondary N) is 1. The molecule has 1 amide bonds. The van der Waals surface area contributed by atoms with Crippen LogP contribution in [0.1, 0.15) is 28.8 Å². The minimum Gasteiger partial charge on any atom is -0.379 e. The summed E-state index contributed by atoms with van der Waals surface area (Å²) >= 11 is 3.39. The maximum Gasteiger partial charge on any atom is 0.252 e. The maximum atomic E-state index is 11.9. The van der Waals surface area contributed by atoms with Crippen molar-refractivity contribution in [2.75, 3.05) is 19.8 Å². The van der Waals surface area contributed by atoms with E-state index in [4.69, 9.17) is 4.74 Å². The molecule has 1 fully saturated rings. The van der Waals surface area contributed by atoms with E-state index in [0.717, 1.165) is 22.6 Å². The van der Waals surface area contributed by atoms with Gasteiger partial charge in [-0.15, -0.1) is 0 Å². The van der Waals surface area contributed by atoms with Crippen molar-refractivity contribution in [2.45, 2.75) is 19.8 Å². The standard InChI is InChI=1S/C14H18BrNO2/c1-10-2-5-13(15)12(8-10)14(17)16-6-7-18-9-11-3-4-11/h2,5,8,11H,3-4,6-7,9H2,1H3,(H,16,17). The van der Waals surface area contributed by atoms with E-state index in [1.807, 2.05) is 25.1 Å². The van der Waals surface area contributed by atoms with Crippen molar-refractivity contribution in [1.29, 1.82) is 0 Å². The minimum absolute atomic E-state index is 0.0550. The molecule has 0 unspecified atom stereocenters. The minimum atomic E-state index is -0.0550. The van der Waals surface area contributed by atoms with Gasteiger partial charge in [0.15, 0.2) is 0 Å². The van der Waals surface area contributed by atoms with E-state index in [-0.39, 0.29) is 5.91 Å². The molecule has 0 radical (unpaired) electrons. The summed E-state index contributed by atoms with van der Waals surface area (Å²) in [6.07, 6.45) is 2.59. The van der Waals surface area contributed by atoms with Crippen LogP contribution < -0.4 is 5.32 Å². The fourth-order valence-electron chi connectivity index (χ4n) is 1.68. The molecular weight excluding hydrogens is 294 g/mol. The number of ether oxygens (including phenoxy) is 1. The van der Waals surface area contributed by atoms with E-state index in [0.29, 0.717) is 18.7 Å². The number of hydrogen-bond acceptors (Lipinski definition) is 2. The van der Waals surface area contributed by atoms with E-state index in [1.54, 1.807) is 0 Å². The smallest absolute Gasteiger partial charge is 0.252 e. The molecule has 2 rings (SSSR count). The summed E-state index contributed by atoms with van der Waals surface area (Å²) < 4.78 is 6.29. The lowest BCUT2D eigenvalue weighted by Gasteiger charge is -2.08. The zero-order valence-corrected chi connectivity index (χ0v) is 12.1. The highest BCUT2D eigenvalue weighted by molar-refractivity contribution is 9.10. The van der Waals surface area contributed by atoms with Crippen molar-refractivity contribution in [2.24, 2.45) is 5.92 Å². The Morgan fingerprint density at radius 1 is 1.50 bits per heavy atom. The van der Waals surface area contributed by atoms with E-state index in [1.165, 1.54) is 12.8 Å². The van der Waals surface area contributed by atoms with Crippen LogP contribution in [0.4, 0.5) is 0 Å². The van der Waals surface area contributed by atoms with Gasteiger partial charge in [-0.3, -0.25) is 4.79 Å². The first-order chi connectivity index (χ1) is 8.66. The lowest BCUT2D eigenvalue weighted by atomic mass is 10.1. The predicted octanol–water partition coefficient (Wildman–Crippen LogP) is 2.91. The summed E-state index contributed by atoms with van der Waals surface area (Å²) in [4.78, 5) is 11.9. The van der Waals surface area contributed by atoms with Crippen LogP contribution in [0.25, 0.3) is 0 Å². The normalized spacial score (nSPS) is 14.6. The van der Waals surface area contributed by atoms with Crippen LogP contribution in [0, 0.1) is 12.8 Å². The van der Waals surface area contributed by atoms with Gasteiger partial charge in [0, 0.05) is 17.6 Å². The number of benzene rings is 1. The summed E-state index contributed by atoms with van der Waals surface area (Å²) in [5, 5.41) is 2.87. The van der Waals surface area contributed by atoms with Crippen LogP contribution in [0.15, 0.2) is 22.7 Å². The Hall–Kier alpha value is -0.870. The Balaban J connectivity index is 1.74. The molecule has 1 aromatic carbocycles. The molecule has 0 spiro atoms. The molecule has 0 aliphatic heterocycles. The Labute approximate surface area is 116 Å². The first-order valence-corrected chi connectivity index (χ1v) is 7.08. The van der Waals surface area contributed by atoms with Crippen LogP contribution in [0.3, 0.4) is 0 Å². The van der Waals surface area contributed by atoms with Gasteiger partial charge in [-0.2, -0.15) is 0 Å². The van der Waals surface area contributed by atoms with Crippen molar-refractivity contribution < 1.29 is 9.53 Å². The van der Waals surface area contributed by atoms with Crippen molar-refractivity contribution >= 4 is 21.8 Å². The Kier molecular flexibility index (Phi) is 4.78. The lowest BCUT2D eigenvalue weighted by molar-refractivity contribution is 0.0906. The van der Waals surface area contributed by atoms with Crippen LogP contribution in [-0.4, -0.2) is 25.7 Å². The molecule has 1 aliphatic rings. The number of halogens is 1. The summed E-state index contributed by atoms with van der Waals surface area (Å²) in [5.41, 5.74) is 1.76. The third-order valence-electron chi connectivity index (χ3n) is 2.95. The highest BCUT2D eigenvalue weighted by Gasteiger charge is 2.20. The highest BCUT2D eigenvalue weighted by atomic mass is 79.9. The second kappa shape index (κ2) is 6.34. The third-order valence-corrected chi connectivity index (χ3v) is 3.64. The van der Waals surface area contributed by atoms with Gasteiger partial charge in [0.1, 0.15) is 0 Å². The van der Waals surface area contributed by atoms with Crippen molar-refractivity contribution in [1.82, 2.24) is 5.32 Å². The molecule has 0 bridgehead atoms. The molecule has 98 valence electrons. The number of amides is 1. The average Bonchev–Trinajstić information content (AvgIpc) is 3.15. The predicted molar refractivity (Wildman–Crippen MR) is 74.8 cm³/mol. The zero-order chi connectivity index (χ0) is 13.0. The lowest BCUT2D eigenvalue weighted by Crippen LogP contribution is -2.27. The molecule has 1 N–H and O–H groups in total. The van der Waals surface area contributed by atoms with Crippen molar-refractivity contribution in [3.63, 3.8) is 0 Å². The second-order valence-corrected chi connectivity index (χ2v) is 5.61. The molecule has 3 nitrogen and oxygen atoms in total. The van der Waals surface area contributed by atoms with Gasteiger partial charge < -0.3 is 10.1 Å². The topological polar surface area (TPSA) is 38.3 Å². The van der Waals surface area contributed by atoms with Gasteiger partial charge >= 0.3 is 0 Å². The number of aryl methyl sites for hydroxylation is 1. The van der Waals surface area contributed by atoms with Gasteiger partial charge in [0.2, 0.25) is 0 Å². The zero-order valence-electron chi connectivity index (χ0n) is 10.5. The molecule has 1 saturated carbocycles. The Morgan fingerprint density at radius 3 is 3.00 bits per heavy atom. The molecule has 0 aromatic heterocycles. The molecule has 1 aromatic rings. The molecule has 0 atom stereocenters. The molecule has 18 heavy (non-hydrogen) atoms. The van der Waals surface area contributed by atoms with Crippen LogP contribution in [0.2, 0.25) is 0 Å². The van der Waals surface area contributed by atoms with Crippen LogP contribution in [0.5, 0.6) is 0 Å². The number of hydrogen-bond donors (Lipinski definition) is 1.